The number of carbonyl (C=O) groups excluding carboxylic acids is 1. The van der Waals surface area contributed by atoms with Gasteiger partial charge in [0.05, 0.1) is 23.5 Å². The van der Waals surface area contributed by atoms with Crippen molar-refractivity contribution in [3.63, 3.8) is 0 Å². The first kappa shape index (κ1) is 24.7. The third-order valence-electron chi connectivity index (χ3n) is 6.69. The first-order valence-corrected chi connectivity index (χ1v) is 12.6. The first-order valence-electron chi connectivity index (χ1n) is 12.6. The predicted octanol–water partition coefficient (Wildman–Crippen LogP) is 3.39. The molecule has 11 nitrogen and oxygen atoms in total. The molecule has 37 heavy (non-hydrogen) atoms. The Morgan fingerprint density at radius 1 is 1.19 bits per heavy atom. The van der Waals surface area contributed by atoms with Gasteiger partial charge in [-0.2, -0.15) is 4.98 Å². The molecule has 1 aliphatic rings. The van der Waals surface area contributed by atoms with Crippen molar-refractivity contribution < 1.29 is 9.53 Å². The van der Waals surface area contributed by atoms with E-state index in [0.717, 1.165) is 36.8 Å². The van der Waals surface area contributed by atoms with Gasteiger partial charge in [-0.25, -0.2) is 15.0 Å². The summed E-state index contributed by atoms with van der Waals surface area (Å²) >= 11 is 0. The fourth-order valence-electron chi connectivity index (χ4n) is 4.63. The summed E-state index contributed by atoms with van der Waals surface area (Å²) in [4.78, 5) is 33.0. The standard InChI is InChI=1S/C26H33N9O2/c1-18(2)35-16-21(25(36)28-9-13-33-12-8-27-17-33)20-15-30-24(14-22(20)35)31-23-4-7-29-26(32-23)34-10-5-19(37-3)6-11-34/h4,7-8,12,14-19H,5-6,9-11,13H2,1-3H3,(H,28,36)(H,29,30,31,32). The van der Waals surface area contributed by atoms with Crippen molar-refractivity contribution in [1.82, 2.24) is 34.4 Å². The number of nitrogens with one attached hydrogen (secondary N) is 2. The molecule has 1 fully saturated rings. The van der Waals surface area contributed by atoms with Gasteiger partial charge in [-0.3, -0.25) is 4.79 Å². The van der Waals surface area contributed by atoms with Crippen molar-refractivity contribution in [1.29, 1.82) is 0 Å². The summed E-state index contributed by atoms with van der Waals surface area (Å²) in [5.74, 6) is 1.90. The van der Waals surface area contributed by atoms with Crippen molar-refractivity contribution in [2.24, 2.45) is 0 Å². The topological polar surface area (TPSA) is 115 Å². The highest BCUT2D eigenvalue weighted by molar-refractivity contribution is 6.07. The Morgan fingerprint density at radius 3 is 2.76 bits per heavy atom. The van der Waals surface area contributed by atoms with E-state index in [9.17, 15) is 4.79 Å². The van der Waals surface area contributed by atoms with E-state index in [4.69, 9.17) is 9.72 Å². The second kappa shape index (κ2) is 11.0. The molecule has 1 aliphatic heterocycles. The average molecular weight is 504 g/mol. The van der Waals surface area contributed by atoms with Gasteiger partial charge in [0.2, 0.25) is 5.95 Å². The number of ether oxygens (including phenoxy) is 1. The van der Waals surface area contributed by atoms with E-state index in [1.54, 1.807) is 32.0 Å². The summed E-state index contributed by atoms with van der Waals surface area (Å²) in [6.45, 7) is 7.08. The van der Waals surface area contributed by atoms with E-state index in [1.165, 1.54) is 0 Å². The molecule has 194 valence electrons. The van der Waals surface area contributed by atoms with Crippen LogP contribution in [-0.2, 0) is 11.3 Å². The zero-order chi connectivity index (χ0) is 25.8. The summed E-state index contributed by atoms with van der Waals surface area (Å²) in [5.41, 5.74) is 1.54. The van der Waals surface area contributed by atoms with E-state index >= 15 is 0 Å². The van der Waals surface area contributed by atoms with Crippen molar-refractivity contribution in [2.75, 3.05) is 37.0 Å². The SMILES string of the molecule is COC1CCN(c2nccc(Nc3cc4c(cn3)c(C(=O)NCCn3ccnc3)cn4C(C)C)n2)CC1. The molecule has 5 heterocycles. The number of amides is 1. The maximum atomic E-state index is 13.0. The van der Waals surface area contributed by atoms with Crippen LogP contribution in [0.15, 0.2) is 49.4 Å². The molecule has 0 saturated carbocycles. The summed E-state index contributed by atoms with van der Waals surface area (Å²) in [5, 5.41) is 7.13. The predicted molar refractivity (Wildman–Crippen MR) is 142 cm³/mol. The smallest absolute Gasteiger partial charge is 0.253 e. The number of fused-ring (bicyclic) bond motifs is 1. The Bertz CT molecular complexity index is 1340. The van der Waals surface area contributed by atoms with Crippen LogP contribution < -0.4 is 15.5 Å². The molecule has 0 unspecified atom stereocenters. The number of aromatic nitrogens is 6. The Morgan fingerprint density at radius 2 is 2.03 bits per heavy atom. The molecule has 0 bridgehead atoms. The maximum absolute atomic E-state index is 13.0. The quantitative estimate of drug-likeness (QED) is 0.357. The number of methoxy groups -OCH3 is 1. The van der Waals surface area contributed by atoms with Gasteiger partial charge in [-0.1, -0.05) is 0 Å². The van der Waals surface area contributed by atoms with Gasteiger partial charge in [0, 0.05) is 81.8 Å². The molecular formula is C26H33N9O2. The van der Waals surface area contributed by atoms with Crippen molar-refractivity contribution in [3.8, 4) is 0 Å². The second-order valence-electron chi connectivity index (χ2n) is 9.48. The van der Waals surface area contributed by atoms with Crippen LogP contribution in [-0.4, -0.2) is 67.8 Å². The fraction of sp³-hybridized carbons (Fsp3) is 0.423. The van der Waals surface area contributed by atoms with E-state index in [2.05, 4.69) is 48.9 Å². The number of nitrogens with zero attached hydrogens (tertiary/aromatic N) is 7. The van der Waals surface area contributed by atoms with Crippen LogP contribution in [0.4, 0.5) is 17.6 Å². The largest absolute Gasteiger partial charge is 0.381 e. The normalized spacial score (nSPS) is 14.4. The van der Waals surface area contributed by atoms with E-state index < -0.39 is 0 Å². The number of hydrogen-bond donors (Lipinski definition) is 2. The summed E-state index contributed by atoms with van der Waals surface area (Å²) in [7, 11) is 1.76. The Balaban J connectivity index is 1.32. The summed E-state index contributed by atoms with van der Waals surface area (Å²) < 4.78 is 9.50. The third kappa shape index (κ3) is 5.56. The monoisotopic (exact) mass is 503 g/mol. The number of hydrogen-bond acceptors (Lipinski definition) is 8. The number of anilines is 3. The lowest BCUT2D eigenvalue weighted by molar-refractivity contribution is 0.0816. The van der Waals surface area contributed by atoms with E-state index in [0.29, 0.717) is 42.3 Å². The van der Waals surface area contributed by atoms with E-state index in [-0.39, 0.29) is 11.9 Å². The molecule has 4 aromatic rings. The minimum absolute atomic E-state index is 0.121. The van der Waals surface area contributed by atoms with Gasteiger partial charge in [0.25, 0.3) is 5.91 Å². The molecule has 1 amide bonds. The van der Waals surface area contributed by atoms with Gasteiger partial charge in [-0.15, -0.1) is 0 Å². The molecule has 0 aromatic carbocycles. The van der Waals surface area contributed by atoms with Crippen molar-refractivity contribution in [3.05, 3.63) is 55.0 Å². The molecule has 0 atom stereocenters. The highest BCUT2D eigenvalue weighted by Gasteiger charge is 2.21. The van der Waals surface area contributed by atoms with Crippen LogP contribution in [0.1, 0.15) is 43.1 Å². The number of carbonyl (C=O) groups is 1. The fourth-order valence-corrected chi connectivity index (χ4v) is 4.63. The minimum Gasteiger partial charge on any atom is -0.381 e. The van der Waals surface area contributed by atoms with Crippen LogP contribution in [0.5, 0.6) is 0 Å². The molecule has 11 heteroatoms. The molecular weight excluding hydrogens is 470 g/mol. The zero-order valence-electron chi connectivity index (χ0n) is 21.5. The van der Waals surface area contributed by atoms with Gasteiger partial charge in [0.1, 0.15) is 11.6 Å². The van der Waals surface area contributed by atoms with Gasteiger partial charge >= 0.3 is 0 Å². The summed E-state index contributed by atoms with van der Waals surface area (Å²) in [6, 6.07) is 3.97. The van der Waals surface area contributed by atoms with Gasteiger partial charge in [0.15, 0.2) is 0 Å². The lowest BCUT2D eigenvalue weighted by atomic mass is 10.1. The number of rotatable bonds is 9. The van der Waals surface area contributed by atoms with E-state index in [1.807, 2.05) is 29.1 Å². The van der Waals surface area contributed by atoms with Crippen LogP contribution in [0.3, 0.4) is 0 Å². The number of piperidine rings is 1. The highest BCUT2D eigenvalue weighted by atomic mass is 16.5. The van der Waals surface area contributed by atoms with Crippen LogP contribution >= 0.6 is 0 Å². The molecule has 5 rings (SSSR count). The molecule has 1 saturated heterocycles. The van der Waals surface area contributed by atoms with Crippen molar-refractivity contribution >= 4 is 34.4 Å². The van der Waals surface area contributed by atoms with Crippen LogP contribution in [0.25, 0.3) is 10.9 Å². The zero-order valence-corrected chi connectivity index (χ0v) is 21.5. The summed E-state index contributed by atoms with van der Waals surface area (Å²) in [6.07, 6.45) is 13.0. The molecule has 0 aliphatic carbocycles. The number of imidazole rings is 1. The Hall–Kier alpha value is -3.99. The first-order chi connectivity index (χ1) is 18.0. The highest BCUT2D eigenvalue weighted by Crippen LogP contribution is 2.27. The minimum atomic E-state index is -0.121. The lowest BCUT2D eigenvalue weighted by Gasteiger charge is -2.31. The van der Waals surface area contributed by atoms with Crippen molar-refractivity contribution in [2.45, 2.75) is 45.4 Å². The lowest BCUT2D eigenvalue weighted by Crippen LogP contribution is -2.37. The Kier molecular flexibility index (Phi) is 7.31. The average Bonchev–Trinajstić information content (AvgIpc) is 3.57. The molecule has 0 spiro atoms. The van der Waals surface area contributed by atoms with Gasteiger partial charge < -0.3 is 29.4 Å². The molecule has 2 N–H and O–H groups in total. The van der Waals surface area contributed by atoms with Crippen LogP contribution in [0, 0.1) is 0 Å². The van der Waals surface area contributed by atoms with Crippen LogP contribution in [0.2, 0.25) is 0 Å². The molecule has 0 radical (unpaired) electrons. The molecule has 4 aromatic heterocycles. The number of pyridine rings is 1. The Labute approximate surface area is 215 Å². The van der Waals surface area contributed by atoms with Gasteiger partial charge in [-0.05, 0) is 32.8 Å². The third-order valence-corrected chi connectivity index (χ3v) is 6.69. The second-order valence-corrected chi connectivity index (χ2v) is 9.48. The maximum Gasteiger partial charge on any atom is 0.253 e.